The standard InChI is InChI=1S/C22H30N2O.CH3.Ni/c1-21(2,3)23(22(4,5)6)17-20(25)24(18-13-9-7-10-14-18)19-15-11-8-12-16-19;;/h7-16H,17H2,1-6H3;1H3;/q;-1;+2. The van der Waals surface area contributed by atoms with E-state index in [1.165, 1.54) is 0 Å². The SMILES string of the molecule is CC(C)(C)N(CC(=O)N(c1ccccc1)c1ccccc1)C(C)(C)C.[CH3-].[Ni+2]. The molecule has 150 valence electrons. The van der Waals surface area contributed by atoms with Crippen molar-refractivity contribution in [2.24, 2.45) is 0 Å². The van der Waals surface area contributed by atoms with Gasteiger partial charge in [0.2, 0.25) is 5.91 Å². The number of benzene rings is 2. The number of carbonyl (C=O) groups excluding carboxylic acids is 1. The van der Waals surface area contributed by atoms with Crippen molar-refractivity contribution >= 4 is 17.3 Å². The predicted octanol–water partition coefficient (Wildman–Crippen LogP) is 5.70. The van der Waals surface area contributed by atoms with E-state index < -0.39 is 0 Å². The topological polar surface area (TPSA) is 23.6 Å². The molecule has 2 rings (SSSR count). The molecule has 27 heavy (non-hydrogen) atoms. The van der Waals surface area contributed by atoms with Gasteiger partial charge in [0.25, 0.3) is 0 Å². The molecule has 2 aromatic rings. The maximum atomic E-state index is 13.3. The molecule has 0 saturated carbocycles. The fraction of sp³-hybridized carbons (Fsp3) is 0.391. The van der Waals surface area contributed by atoms with Crippen LogP contribution in [0.3, 0.4) is 0 Å². The molecular weight excluding hydrogens is 379 g/mol. The van der Waals surface area contributed by atoms with Gasteiger partial charge in [0.1, 0.15) is 0 Å². The Balaban J connectivity index is 0.00000338. The predicted molar refractivity (Wildman–Crippen MR) is 113 cm³/mol. The summed E-state index contributed by atoms with van der Waals surface area (Å²) in [5.41, 5.74) is 1.57. The Morgan fingerprint density at radius 2 is 1.07 bits per heavy atom. The van der Waals surface area contributed by atoms with Crippen molar-refractivity contribution < 1.29 is 21.3 Å². The van der Waals surface area contributed by atoms with Crippen LogP contribution in [-0.4, -0.2) is 28.4 Å². The van der Waals surface area contributed by atoms with Crippen LogP contribution in [0.1, 0.15) is 41.5 Å². The first kappa shape index (κ1) is 25.4. The van der Waals surface area contributed by atoms with Gasteiger partial charge in [-0.2, -0.15) is 0 Å². The molecular formula is C23H33N2NiO+. The zero-order valence-electron chi connectivity index (χ0n) is 17.6. The minimum Gasteiger partial charge on any atom is -0.358 e. The van der Waals surface area contributed by atoms with Gasteiger partial charge in [0.05, 0.1) is 6.54 Å². The summed E-state index contributed by atoms with van der Waals surface area (Å²) in [5, 5.41) is 0. The Morgan fingerprint density at radius 1 is 0.741 bits per heavy atom. The van der Waals surface area contributed by atoms with Crippen LogP contribution in [0.5, 0.6) is 0 Å². The summed E-state index contributed by atoms with van der Waals surface area (Å²) in [6, 6.07) is 19.7. The molecule has 0 saturated heterocycles. The molecule has 0 fully saturated rings. The number of carbonyl (C=O) groups is 1. The van der Waals surface area contributed by atoms with E-state index in [9.17, 15) is 4.79 Å². The van der Waals surface area contributed by atoms with Crippen LogP contribution < -0.4 is 4.90 Å². The van der Waals surface area contributed by atoms with E-state index in [4.69, 9.17) is 0 Å². The van der Waals surface area contributed by atoms with Crippen molar-refractivity contribution in [3.63, 3.8) is 0 Å². The molecule has 0 aliphatic heterocycles. The third-order valence-corrected chi connectivity index (χ3v) is 4.19. The molecule has 0 unspecified atom stereocenters. The quantitative estimate of drug-likeness (QED) is 0.475. The third kappa shape index (κ3) is 6.79. The second-order valence-corrected chi connectivity index (χ2v) is 8.33. The van der Waals surface area contributed by atoms with Crippen LogP contribution in [-0.2, 0) is 21.3 Å². The smallest absolute Gasteiger partial charge is 0.358 e. The number of amides is 1. The van der Waals surface area contributed by atoms with Gasteiger partial charge in [-0.25, -0.2) is 0 Å². The number of hydrogen-bond acceptors (Lipinski definition) is 2. The van der Waals surface area contributed by atoms with E-state index >= 15 is 0 Å². The maximum Gasteiger partial charge on any atom is 2.00 e. The van der Waals surface area contributed by atoms with Gasteiger partial charge in [-0.1, -0.05) is 36.4 Å². The first-order chi connectivity index (χ1) is 11.6. The molecule has 1 amide bonds. The Labute approximate surface area is 175 Å². The fourth-order valence-electron chi connectivity index (χ4n) is 3.28. The zero-order valence-corrected chi connectivity index (χ0v) is 18.6. The number of hydrogen-bond donors (Lipinski definition) is 0. The summed E-state index contributed by atoms with van der Waals surface area (Å²) >= 11 is 0. The Bertz CT molecular complexity index is 634. The molecule has 4 heteroatoms. The van der Waals surface area contributed by atoms with Gasteiger partial charge >= 0.3 is 16.5 Å². The summed E-state index contributed by atoms with van der Waals surface area (Å²) in [7, 11) is 0. The van der Waals surface area contributed by atoms with Crippen LogP contribution in [0.15, 0.2) is 60.7 Å². The van der Waals surface area contributed by atoms with Crippen LogP contribution in [0.2, 0.25) is 0 Å². The van der Waals surface area contributed by atoms with E-state index in [1.54, 1.807) is 0 Å². The molecule has 0 spiro atoms. The van der Waals surface area contributed by atoms with Crippen molar-refractivity contribution in [2.45, 2.75) is 52.6 Å². The average molecular weight is 412 g/mol. The fourth-order valence-corrected chi connectivity index (χ4v) is 3.28. The Hall–Kier alpha value is -1.64. The molecule has 0 heterocycles. The Morgan fingerprint density at radius 3 is 1.37 bits per heavy atom. The summed E-state index contributed by atoms with van der Waals surface area (Å²) in [6.45, 7) is 13.3. The maximum absolute atomic E-state index is 13.3. The van der Waals surface area contributed by atoms with Crippen LogP contribution >= 0.6 is 0 Å². The number of para-hydroxylation sites is 2. The van der Waals surface area contributed by atoms with Crippen molar-refractivity contribution in [1.29, 1.82) is 0 Å². The molecule has 0 N–H and O–H groups in total. The van der Waals surface area contributed by atoms with E-state index in [0.29, 0.717) is 6.54 Å². The number of nitrogens with zero attached hydrogens (tertiary/aromatic N) is 2. The van der Waals surface area contributed by atoms with Gasteiger partial charge in [-0.15, -0.1) is 0 Å². The van der Waals surface area contributed by atoms with Crippen LogP contribution in [0.25, 0.3) is 0 Å². The van der Waals surface area contributed by atoms with Crippen molar-refractivity contribution in [3.05, 3.63) is 68.1 Å². The van der Waals surface area contributed by atoms with Crippen molar-refractivity contribution in [2.75, 3.05) is 11.4 Å². The molecule has 0 bridgehead atoms. The van der Waals surface area contributed by atoms with Gasteiger partial charge in [-0.3, -0.25) is 14.6 Å². The second kappa shape index (κ2) is 10.1. The van der Waals surface area contributed by atoms with Gasteiger partial charge in [0.15, 0.2) is 0 Å². The first-order valence-corrected chi connectivity index (χ1v) is 8.81. The normalized spacial score (nSPS) is 11.4. The largest absolute Gasteiger partial charge is 2.00 e. The molecule has 0 aliphatic rings. The van der Waals surface area contributed by atoms with E-state index in [0.717, 1.165) is 11.4 Å². The van der Waals surface area contributed by atoms with Crippen LogP contribution in [0, 0.1) is 7.43 Å². The summed E-state index contributed by atoms with van der Waals surface area (Å²) in [4.78, 5) is 17.4. The summed E-state index contributed by atoms with van der Waals surface area (Å²) in [6.07, 6.45) is 0. The molecule has 0 aromatic heterocycles. The van der Waals surface area contributed by atoms with E-state index in [2.05, 4.69) is 46.4 Å². The van der Waals surface area contributed by atoms with Gasteiger partial charge in [-0.05, 0) is 65.8 Å². The molecule has 2 aromatic carbocycles. The molecule has 3 nitrogen and oxygen atoms in total. The minimum atomic E-state index is -0.104. The summed E-state index contributed by atoms with van der Waals surface area (Å²) in [5.74, 6) is 0.0715. The Kier molecular flexibility index (Phi) is 9.45. The number of anilines is 2. The molecule has 0 aliphatic carbocycles. The molecule has 0 atom stereocenters. The third-order valence-electron chi connectivity index (χ3n) is 4.19. The van der Waals surface area contributed by atoms with Gasteiger partial charge < -0.3 is 7.43 Å². The molecule has 0 radical (unpaired) electrons. The van der Waals surface area contributed by atoms with Gasteiger partial charge in [0, 0.05) is 22.5 Å². The number of rotatable bonds is 4. The van der Waals surface area contributed by atoms with E-state index in [-0.39, 0.29) is 40.9 Å². The van der Waals surface area contributed by atoms with Crippen molar-refractivity contribution in [3.8, 4) is 0 Å². The van der Waals surface area contributed by atoms with Crippen molar-refractivity contribution in [1.82, 2.24) is 4.90 Å². The summed E-state index contributed by atoms with van der Waals surface area (Å²) < 4.78 is 0. The van der Waals surface area contributed by atoms with Crippen LogP contribution in [0.4, 0.5) is 11.4 Å². The minimum absolute atomic E-state index is 0. The second-order valence-electron chi connectivity index (χ2n) is 8.33. The average Bonchev–Trinajstić information content (AvgIpc) is 2.53. The first-order valence-electron chi connectivity index (χ1n) is 8.81. The zero-order chi connectivity index (χ0) is 18.7. The monoisotopic (exact) mass is 411 g/mol. The van der Waals surface area contributed by atoms with E-state index in [1.807, 2.05) is 65.6 Å².